The molecule has 0 spiro atoms. The predicted molar refractivity (Wildman–Crippen MR) is 117 cm³/mol. The molecule has 35 heavy (non-hydrogen) atoms. The molecule has 0 aliphatic rings. The summed E-state index contributed by atoms with van der Waals surface area (Å²) in [7, 11) is -9.90. The van der Waals surface area contributed by atoms with Crippen LogP contribution in [-0.4, -0.2) is 67.9 Å². The van der Waals surface area contributed by atoms with Crippen LogP contribution >= 0.6 is 0 Å². The van der Waals surface area contributed by atoms with Gasteiger partial charge in [0.2, 0.25) is 6.29 Å². The molecule has 0 fully saturated rings. The first-order valence-corrected chi connectivity index (χ1v) is 14.1. The van der Waals surface area contributed by atoms with Crippen molar-refractivity contribution in [3.63, 3.8) is 0 Å². The number of unbranched alkanes of at least 4 members (excludes halogenated alkanes) is 9. The van der Waals surface area contributed by atoms with Gasteiger partial charge in [-0.25, -0.2) is 16.8 Å². The number of esters is 2. The second kappa shape index (κ2) is 21.6. The van der Waals surface area contributed by atoms with Gasteiger partial charge in [-0.05, 0) is 20.3 Å². The summed E-state index contributed by atoms with van der Waals surface area (Å²) in [5.41, 5.74) is 0. The molecule has 0 heterocycles. The van der Waals surface area contributed by atoms with E-state index in [1.165, 1.54) is 32.1 Å². The molecule has 0 aliphatic carbocycles. The molecule has 0 aliphatic heterocycles. The molecule has 0 rings (SSSR count). The molecule has 3 unspecified atom stereocenters. The van der Waals surface area contributed by atoms with E-state index >= 15 is 0 Å². The van der Waals surface area contributed by atoms with Crippen LogP contribution in [0.25, 0.3) is 0 Å². The number of ether oxygens (including phenoxy) is 3. The van der Waals surface area contributed by atoms with Crippen LogP contribution in [0.15, 0.2) is 0 Å². The van der Waals surface area contributed by atoms with E-state index in [2.05, 4.69) is 11.7 Å². The van der Waals surface area contributed by atoms with E-state index in [0.717, 1.165) is 39.5 Å². The Balaban J connectivity index is -0.00000512. The minimum Gasteiger partial charge on any atom is -0.747 e. The Hall–Kier alpha value is 0.720. The fraction of sp³-hybridized carbons (Fsp3) is 0.900. The number of hydrogen-bond donors (Lipinski definition) is 0. The van der Waals surface area contributed by atoms with E-state index in [4.69, 9.17) is 9.47 Å². The fourth-order valence-corrected chi connectivity index (χ4v) is 3.24. The molecular weight excluding hydrogens is 526 g/mol. The molecule has 0 aromatic heterocycles. The zero-order valence-electron chi connectivity index (χ0n) is 21.5. The fourth-order valence-electron chi connectivity index (χ4n) is 2.65. The molecule has 15 heteroatoms. The van der Waals surface area contributed by atoms with Gasteiger partial charge >= 0.3 is 71.1 Å². The molecule has 11 nitrogen and oxygen atoms in total. The van der Waals surface area contributed by atoms with Gasteiger partial charge in [0, 0.05) is 0 Å². The average molecular weight is 563 g/mol. The van der Waals surface area contributed by atoms with Gasteiger partial charge in [0.25, 0.3) is 0 Å². The Kier molecular flexibility index (Phi) is 24.9. The van der Waals surface area contributed by atoms with Crippen LogP contribution in [0.1, 0.15) is 85.0 Å². The van der Waals surface area contributed by atoms with Crippen LogP contribution in [0.4, 0.5) is 0 Å². The smallest absolute Gasteiger partial charge is 0.747 e. The van der Waals surface area contributed by atoms with Crippen molar-refractivity contribution in [1.29, 1.82) is 0 Å². The maximum Gasteiger partial charge on any atom is 1.00 e. The number of hydrogen-bond acceptors (Lipinski definition) is 11. The third kappa shape index (κ3) is 20.4. The van der Waals surface area contributed by atoms with Gasteiger partial charge in [0.1, 0.15) is 30.7 Å². The Morgan fingerprint density at radius 2 is 1.11 bits per heavy atom. The van der Waals surface area contributed by atoms with Crippen LogP contribution in [0.2, 0.25) is 0 Å². The summed E-state index contributed by atoms with van der Waals surface area (Å²) >= 11 is 0. The Labute approximate surface area is 253 Å². The summed E-state index contributed by atoms with van der Waals surface area (Å²) in [6.45, 7) is 3.15. The molecule has 0 amide bonds. The summed E-state index contributed by atoms with van der Waals surface area (Å²) in [5.74, 6) is -2.78. The first-order valence-electron chi connectivity index (χ1n) is 11.2. The summed E-state index contributed by atoms with van der Waals surface area (Å²) in [6.07, 6.45) is 9.16. The van der Waals surface area contributed by atoms with Crippen molar-refractivity contribution in [1.82, 2.24) is 0 Å². The first kappa shape index (κ1) is 40.2. The van der Waals surface area contributed by atoms with Crippen molar-refractivity contribution in [2.75, 3.05) is 13.2 Å². The molecule has 0 saturated heterocycles. The van der Waals surface area contributed by atoms with Crippen LogP contribution < -0.4 is 59.1 Å². The molecule has 0 N–H and O–H groups in total. The van der Waals surface area contributed by atoms with E-state index in [1.54, 1.807) is 0 Å². The Morgan fingerprint density at radius 3 is 1.54 bits per heavy atom. The van der Waals surface area contributed by atoms with Gasteiger partial charge < -0.3 is 23.3 Å². The third-order valence-corrected chi connectivity index (χ3v) is 7.06. The Bertz CT molecular complexity index is 789. The summed E-state index contributed by atoms with van der Waals surface area (Å²) < 4.78 is 80.5. The van der Waals surface area contributed by atoms with Gasteiger partial charge in [0.15, 0.2) is 6.61 Å². The molecule has 0 aromatic carbocycles. The monoisotopic (exact) mass is 562 g/mol. The first-order chi connectivity index (χ1) is 15.3. The molecule has 0 aromatic rings. The van der Waals surface area contributed by atoms with Crippen molar-refractivity contribution in [3.8, 4) is 0 Å². The van der Waals surface area contributed by atoms with Gasteiger partial charge in [0.05, 0.1) is 6.61 Å². The van der Waals surface area contributed by atoms with Gasteiger partial charge in [-0.3, -0.25) is 9.59 Å². The summed E-state index contributed by atoms with van der Waals surface area (Å²) in [4.78, 5) is 23.6. The van der Waals surface area contributed by atoms with Crippen molar-refractivity contribution in [2.45, 2.75) is 102 Å². The van der Waals surface area contributed by atoms with Crippen LogP contribution in [0.3, 0.4) is 0 Å². The quantitative estimate of drug-likeness (QED) is 0.0496. The minimum atomic E-state index is -4.97. The third-order valence-electron chi connectivity index (χ3n) is 4.94. The van der Waals surface area contributed by atoms with E-state index < -0.39 is 55.6 Å². The molecule has 0 bridgehead atoms. The molecule has 0 saturated carbocycles. The van der Waals surface area contributed by atoms with E-state index in [-0.39, 0.29) is 65.7 Å². The number of carbonyl (C=O) groups is 2. The number of rotatable bonds is 19. The second-order valence-electron chi connectivity index (χ2n) is 7.82. The molecular formula is C20H36Na2O11S2. The summed E-state index contributed by atoms with van der Waals surface area (Å²) in [5, 5.41) is -4.01. The second-order valence-corrected chi connectivity index (χ2v) is 11.2. The standard InChI is InChI=1S/C20H38O11S2.2Na/c1-4-5-6-7-8-9-10-11-12-13-14-29-18(31-20(22)17(3)33(26,27)28)15-30-19(21)16(2)32(23,24)25;;/h16-18H,4-15H2,1-3H3,(H,23,24,25)(H,26,27,28);;/q;2*+1/p-2. The predicted octanol–water partition coefficient (Wildman–Crippen LogP) is -3.79. The largest absolute Gasteiger partial charge is 1.00 e. The number of carbonyl (C=O) groups excluding carboxylic acids is 2. The van der Waals surface area contributed by atoms with Gasteiger partial charge in [-0.2, -0.15) is 0 Å². The van der Waals surface area contributed by atoms with Crippen LogP contribution in [0.5, 0.6) is 0 Å². The average Bonchev–Trinajstić information content (AvgIpc) is 2.72. The van der Waals surface area contributed by atoms with Crippen LogP contribution in [-0.2, 0) is 44.0 Å². The van der Waals surface area contributed by atoms with Crippen molar-refractivity contribution >= 4 is 32.2 Å². The normalized spacial score (nSPS) is 14.1. The molecule has 0 radical (unpaired) electrons. The van der Waals surface area contributed by atoms with Crippen molar-refractivity contribution in [2.24, 2.45) is 0 Å². The topological polar surface area (TPSA) is 176 Å². The van der Waals surface area contributed by atoms with Crippen molar-refractivity contribution in [3.05, 3.63) is 0 Å². The van der Waals surface area contributed by atoms with Crippen LogP contribution in [0, 0.1) is 0 Å². The SMILES string of the molecule is CCCCCCCCCCCCOC(COC(=O)C(C)S(=O)(=O)[O-])OC(=O)C(C)S(=O)(=O)[O-].[Na+].[Na+]. The van der Waals surface area contributed by atoms with E-state index in [1.807, 2.05) is 0 Å². The van der Waals surface area contributed by atoms with E-state index in [9.17, 15) is 35.5 Å². The maximum atomic E-state index is 11.9. The van der Waals surface area contributed by atoms with Crippen molar-refractivity contribution < 1.29 is 109 Å². The zero-order chi connectivity index (χ0) is 25.5. The molecule has 196 valence electrons. The van der Waals surface area contributed by atoms with Gasteiger partial charge in [-0.15, -0.1) is 0 Å². The van der Waals surface area contributed by atoms with Gasteiger partial charge in [-0.1, -0.05) is 64.7 Å². The molecule has 3 atom stereocenters. The Morgan fingerprint density at radius 1 is 0.714 bits per heavy atom. The van der Waals surface area contributed by atoms with E-state index in [0.29, 0.717) is 6.42 Å². The maximum absolute atomic E-state index is 11.9. The summed E-state index contributed by atoms with van der Waals surface area (Å²) in [6, 6.07) is 0. The zero-order valence-corrected chi connectivity index (χ0v) is 27.2. The minimum absolute atomic E-state index is 0.